The van der Waals surface area contributed by atoms with E-state index in [4.69, 9.17) is 0 Å². The number of carbonyl (C=O) groups is 1. The van der Waals surface area contributed by atoms with Gasteiger partial charge in [-0.05, 0) is 51.4 Å². The summed E-state index contributed by atoms with van der Waals surface area (Å²) in [5.74, 6) is 0.275. The van der Waals surface area contributed by atoms with Crippen molar-refractivity contribution in [3.05, 3.63) is 11.8 Å². The Morgan fingerprint density at radius 3 is 2.60 bits per heavy atom. The van der Waals surface area contributed by atoms with Gasteiger partial charge < -0.3 is 10.0 Å². The van der Waals surface area contributed by atoms with Gasteiger partial charge in [-0.2, -0.15) is 0 Å². The Balaban J connectivity index is 1.59. The fourth-order valence-electron chi connectivity index (χ4n) is 3.32. The molecule has 0 bridgehead atoms. The fourth-order valence-corrected chi connectivity index (χ4v) is 3.32. The Morgan fingerprint density at radius 1 is 1.25 bits per heavy atom. The van der Waals surface area contributed by atoms with Gasteiger partial charge >= 0.3 is 0 Å². The summed E-state index contributed by atoms with van der Waals surface area (Å²) < 4.78 is 0. The largest absolute Gasteiger partial charge is 0.393 e. The zero-order chi connectivity index (χ0) is 13.9. The van der Waals surface area contributed by atoms with Crippen LogP contribution in [0, 0.1) is 0 Å². The number of aliphatic hydroxyl groups excluding tert-OH is 1. The monoisotopic (exact) mass is 278 g/mol. The summed E-state index contributed by atoms with van der Waals surface area (Å²) in [6.07, 6.45) is 10.7. The Hall–Kier alpha value is -0.870. The molecule has 1 amide bonds. The standard InChI is InChI=1S/C16H26N2O2/c19-15-8-10-17(11-9-15)12-16(20)18(14-6-7-14)13-4-2-1-3-5-13/h4,14-15,19H,1-3,5-12H2. The number of likely N-dealkylation sites (tertiary alicyclic amines) is 1. The van der Waals surface area contributed by atoms with Gasteiger partial charge in [0.05, 0.1) is 12.6 Å². The maximum Gasteiger partial charge on any atom is 0.241 e. The van der Waals surface area contributed by atoms with E-state index in [1.165, 1.54) is 31.4 Å². The summed E-state index contributed by atoms with van der Waals surface area (Å²) in [4.78, 5) is 17.0. The zero-order valence-corrected chi connectivity index (χ0v) is 12.3. The predicted molar refractivity (Wildman–Crippen MR) is 78.1 cm³/mol. The van der Waals surface area contributed by atoms with Crippen molar-refractivity contribution in [2.45, 2.75) is 63.5 Å². The summed E-state index contributed by atoms with van der Waals surface area (Å²) in [5, 5.41) is 9.54. The van der Waals surface area contributed by atoms with E-state index in [2.05, 4.69) is 15.9 Å². The molecule has 0 aromatic carbocycles. The van der Waals surface area contributed by atoms with Crippen LogP contribution in [0.1, 0.15) is 51.4 Å². The molecule has 1 N–H and O–H groups in total. The van der Waals surface area contributed by atoms with Crippen molar-refractivity contribution in [2.24, 2.45) is 0 Å². The number of carbonyl (C=O) groups excluding carboxylic acids is 1. The summed E-state index contributed by atoms with van der Waals surface area (Å²) in [7, 11) is 0. The molecule has 20 heavy (non-hydrogen) atoms. The van der Waals surface area contributed by atoms with E-state index in [1.807, 2.05) is 0 Å². The smallest absolute Gasteiger partial charge is 0.241 e. The number of nitrogens with zero attached hydrogens (tertiary/aromatic N) is 2. The zero-order valence-electron chi connectivity index (χ0n) is 12.3. The van der Waals surface area contributed by atoms with Gasteiger partial charge in [-0.1, -0.05) is 6.08 Å². The molecule has 0 aromatic rings. The van der Waals surface area contributed by atoms with E-state index in [1.54, 1.807) is 0 Å². The third kappa shape index (κ3) is 3.41. The lowest BCUT2D eigenvalue weighted by Gasteiger charge is -2.33. The van der Waals surface area contributed by atoms with Crippen molar-refractivity contribution in [3.8, 4) is 0 Å². The van der Waals surface area contributed by atoms with Crippen LogP contribution in [0.2, 0.25) is 0 Å². The summed E-state index contributed by atoms with van der Waals surface area (Å²) >= 11 is 0. The molecule has 3 rings (SSSR count). The molecular weight excluding hydrogens is 252 g/mol. The average Bonchev–Trinajstić information content (AvgIpc) is 3.28. The first-order valence-corrected chi connectivity index (χ1v) is 8.15. The molecule has 1 saturated heterocycles. The van der Waals surface area contributed by atoms with Gasteiger partial charge in [0.1, 0.15) is 0 Å². The lowest BCUT2D eigenvalue weighted by Crippen LogP contribution is -2.44. The Labute approximate surface area is 121 Å². The number of amides is 1. The molecule has 3 aliphatic rings. The number of hydrogen-bond donors (Lipinski definition) is 1. The van der Waals surface area contributed by atoms with Gasteiger partial charge in [0, 0.05) is 24.8 Å². The van der Waals surface area contributed by atoms with Crippen molar-refractivity contribution >= 4 is 5.91 Å². The minimum atomic E-state index is -0.165. The highest BCUT2D eigenvalue weighted by atomic mass is 16.3. The normalized spacial score (nSPS) is 25.4. The molecule has 0 unspecified atom stereocenters. The van der Waals surface area contributed by atoms with Gasteiger partial charge in [-0.15, -0.1) is 0 Å². The second kappa shape index (κ2) is 6.27. The van der Waals surface area contributed by atoms with Crippen molar-refractivity contribution in [1.29, 1.82) is 0 Å². The van der Waals surface area contributed by atoms with Crippen molar-refractivity contribution in [1.82, 2.24) is 9.80 Å². The number of allylic oxidation sites excluding steroid dienone is 2. The molecule has 1 aliphatic heterocycles. The van der Waals surface area contributed by atoms with Crippen molar-refractivity contribution < 1.29 is 9.90 Å². The van der Waals surface area contributed by atoms with E-state index >= 15 is 0 Å². The first-order valence-electron chi connectivity index (χ1n) is 8.15. The van der Waals surface area contributed by atoms with E-state index in [-0.39, 0.29) is 12.0 Å². The lowest BCUT2D eigenvalue weighted by atomic mass is 10.0. The lowest BCUT2D eigenvalue weighted by molar-refractivity contribution is -0.131. The third-order valence-electron chi connectivity index (χ3n) is 4.67. The first kappa shape index (κ1) is 14.1. The highest BCUT2D eigenvalue weighted by molar-refractivity contribution is 5.80. The van der Waals surface area contributed by atoms with Crippen LogP contribution in [0.5, 0.6) is 0 Å². The highest BCUT2D eigenvalue weighted by Crippen LogP contribution is 2.33. The van der Waals surface area contributed by atoms with Gasteiger partial charge in [-0.25, -0.2) is 0 Å². The van der Waals surface area contributed by atoms with Crippen molar-refractivity contribution in [3.63, 3.8) is 0 Å². The molecule has 4 nitrogen and oxygen atoms in total. The van der Waals surface area contributed by atoms with E-state index in [0.29, 0.717) is 12.6 Å². The van der Waals surface area contributed by atoms with Crippen LogP contribution >= 0.6 is 0 Å². The minimum Gasteiger partial charge on any atom is -0.393 e. The first-order chi connectivity index (χ1) is 9.74. The predicted octanol–water partition coefficient (Wildman–Crippen LogP) is 1.89. The van der Waals surface area contributed by atoms with Crippen LogP contribution < -0.4 is 0 Å². The summed E-state index contributed by atoms with van der Waals surface area (Å²) in [6, 6.07) is 0.474. The van der Waals surface area contributed by atoms with E-state index in [9.17, 15) is 9.90 Å². The molecule has 4 heteroatoms. The SMILES string of the molecule is O=C(CN1CCC(O)CC1)N(C1=CCCCC1)C1CC1. The molecule has 1 heterocycles. The quantitative estimate of drug-likeness (QED) is 0.854. The summed E-state index contributed by atoms with van der Waals surface area (Å²) in [6.45, 7) is 2.23. The third-order valence-corrected chi connectivity index (χ3v) is 4.67. The number of hydrogen-bond acceptors (Lipinski definition) is 3. The molecular formula is C16H26N2O2. The average molecular weight is 278 g/mol. The number of aliphatic hydroxyl groups is 1. The Morgan fingerprint density at radius 2 is 2.00 bits per heavy atom. The molecule has 0 aromatic heterocycles. The number of rotatable bonds is 4. The topological polar surface area (TPSA) is 43.8 Å². The van der Waals surface area contributed by atoms with Crippen LogP contribution in [0.25, 0.3) is 0 Å². The van der Waals surface area contributed by atoms with Crippen LogP contribution in [-0.2, 0) is 4.79 Å². The van der Waals surface area contributed by atoms with Gasteiger partial charge in [0.2, 0.25) is 5.91 Å². The van der Waals surface area contributed by atoms with Gasteiger partial charge in [-0.3, -0.25) is 9.69 Å². The number of piperidine rings is 1. The molecule has 1 saturated carbocycles. The second-order valence-corrected chi connectivity index (χ2v) is 6.44. The molecule has 0 spiro atoms. The van der Waals surface area contributed by atoms with Crippen LogP contribution in [-0.4, -0.2) is 52.6 Å². The summed E-state index contributed by atoms with van der Waals surface area (Å²) in [5.41, 5.74) is 1.28. The second-order valence-electron chi connectivity index (χ2n) is 6.44. The molecule has 0 atom stereocenters. The fraction of sp³-hybridized carbons (Fsp3) is 0.812. The maximum absolute atomic E-state index is 12.7. The Kier molecular flexibility index (Phi) is 4.41. The van der Waals surface area contributed by atoms with E-state index < -0.39 is 0 Å². The van der Waals surface area contributed by atoms with E-state index in [0.717, 1.165) is 38.8 Å². The molecule has 2 aliphatic carbocycles. The molecule has 112 valence electrons. The minimum absolute atomic E-state index is 0.165. The molecule has 0 radical (unpaired) electrons. The van der Waals surface area contributed by atoms with Crippen LogP contribution in [0.3, 0.4) is 0 Å². The van der Waals surface area contributed by atoms with Crippen molar-refractivity contribution in [2.75, 3.05) is 19.6 Å². The van der Waals surface area contributed by atoms with Crippen LogP contribution in [0.15, 0.2) is 11.8 Å². The maximum atomic E-state index is 12.7. The molecule has 2 fully saturated rings. The Bertz CT molecular complexity index is 382. The van der Waals surface area contributed by atoms with Gasteiger partial charge in [0.15, 0.2) is 0 Å². The van der Waals surface area contributed by atoms with Gasteiger partial charge in [0.25, 0.3) is 0 Å². The van der Waals surface area contributed by atoms with Crippen LogP contribution in [0.4, 0.5) is 0 Å². The highest BCUT2D eigenvalue weighted by Gasteiger charge is 2.35.